The van der Waals surface area contributed by atoms with Gasteiger partial charge in [-0.05, 0) is 43.2 Å². The van der Waals surface area contributed by atoms with Crippen molar-refractivity contribution in [3.05, 3.63) is 60.2 Å². The molecule has 2 aromatic carbocycles. The first-order valence-corrected chi connectivity index (χ1v) is 10.6. The number of amidine groups is 2. The van der Waals surface area contributed by atoms with E-state index in [0.29, 0.717) is 16.8 Å². The van der Waals surface area contributed by atoms with Crippen LogP contribution in [0, 0.1) is 0 Å². The van der Waals surface area contributed by atoms with Crippen molar-refractivity contribution in [2.24, 2.45) is 21.5 Å². The number of nitrogens with two attached hydrogens (primary N) is 2. The van der Waals surface area contributed by atoms with E-state index in [4.69, 9.17) is 11.5 Å². The largest absolute Gasteiger partial charge is 0.378 e. The zero-order valence-corrected chi connectivity index (χ0v) is 16.9. The maximum atomic E-state index is 11.1. The van der Waals surface area contributed by atoms with Crippen LogP contribution in [0.1, 0.15) is 18.9 Å². The number of rotatable bonds is 8. The van der Waals surface area contributed by atoms with Crippen molar-refractivity contribution in [3.8, 4) is 0 Å². The van der Waals surface area contributed by atoms with E-state index < -0.39 is 0 Å². The summed E-state index contributed by atoms with van der Waals surface area (Å²) in [6.07, 6.45) is 1.40. The van der Waals surface area contributed by atoms with E-state index in [1.54, 1.807) is 6.92 Å². The van der Waals surface area contributed by atoms with E-state index in [0.717, 1.165) is 34.9 Å². The zero-order chi connectivity index (χ0) is 19.5. The molecule has 2 aromatic rings. The Morgan fingerprint density at radius 3 is 1.89 bits per heavy atom. The van der Waals surface area contributed by atoms with Crippen LogP contribution in [0.3, 0.4) is 0 Å². The summed E-state index contributed by atoms with van der Waals surface area (Å²) in [6.45, 7) is 1.58. The average Bonchev–Trinajstić information content (AvgIpc) is 2.63. The van der Waals surface area contributed by atoms with Gasteiger partial charge in [0.05, 0.1) is 11.4 Å². The topological polar surface area (TPSA) is 93.8 Å². The molecule has 0 saturated heterocycles. The fraction of sp³-hybridized carbons (Fsp3) is 0.250. The van der Waals surface area contributed by atoms with Gasteiger partial charge in [0.25, 0.3) is 0 Å². The molecule has 5 nitrogen and oxygen atoms in total. The number of thioether (sulfide) groups is 2. The second-order valence-electron chi connectivity index (χ2n) is 5.83. The van der Waals surface area contributed by atoms with Crippen LogP contribution < -0.4 is 11.5 Å². The number of carbonyl (C=O) groups is 1. The molecule has 0 spiro atoms. The molecule has 142 valence electrons. The molecule has 0 unspecified atom stereocenters. The molecule has 4 N–H and O–H groups in total. The zero-order valence-electron chi connectivity index (χ0n) is 15.3. The molecule has 0 aliphatic heterocycles. The fourth-order valence-corrected chi connectivity index (χ4v) is 3.73. The Morgan fingerprint density at radius 1 is 0.852 bits per heavy atom. The summed E-state index contributed by atoms with van der Waals surface area (Å²) < 4.78 is 0. The van der Waals surface area contributed by atoms with E-state index in [1.807, 2.05) is 54.6 Å². The number of Topliss-reactive ketones (excluding diaryl/α,β-unsaturated/α-hetero) is 1. The maximum absolute atomic E-state index is 11.1. The van der Waals surface area contributed by atoms with Crippen molar-refractivity contribution in [3.63, 3.8) is 0 Å². The van der Waals surface area contributed by atoms with Crippen LogP contribution in [0.5, 0.6) is 0 Å². The van der Waals surface area contributed by atoms with Gasteiger partial charge in [-0.1, -0.05) is 53.9 Å². The van der Waals surface area contributed by atoms with Crippen LogP contribution in [0.4, 0.5) is 11.4 Å². The van der Waals surface area contributed by atoms with Crippen LogP contribution >= 0.6 is 23.5 Å². The number of ketones is 1. The molecule has 0 radical (unpaired) electrons. The first-order valence-electron chi connectivity index (χ1n) is 8.60. The van der Waals surface area contributed by atoms with Gasteiger partial charge in [-0.15, -0.1) is 0 Å². The van der Waals surface area contributed by atoms with E-state index in [1.165, 1.54) is 23.5 Å². The highest BCUT2D eigenvalue weighted by atomic mass is 32.2. The number of nitrogens with zero attached hydrogens (tertiary/aromatic N) is 2. The van der Waals surface area contributed by atoms with Crippen LogP contribution in [-0.4, -0.2) is 27.6 Å². The first kappa shape index (κ1) is 21.1. The van der Waals surface area contributed by atoms with Crippen molar-refractivity contribution < 1.29 is 4.79 Å². The fourth-order valence-electron chi connectivity index (χ4n) is 2.21. The molecule has 0 fully saturated rings. The molecule has 0 aromatic heterocycles. The van der Waals surface area contributed by atoms with Crippen molar-refractivity contribution in [1.82, 2.24) is 0 Å². The van der Waals surface area contributed by atoms with Crippen molar-refractivity contribution in [2.75, 3.05) is 11.5 Å². The third kappa shape index (κ3) is 8.79. The standard InChI is InChI=1S/C20H24N4OS2/c1-15(25)14-16-8-10-18(11-9-16)24-20(22)27-13-5-12-26-19(21)23-17-6-3-2-4-7-17/h2-4,6-11H,5,12-14H2,1H3,(H2,21,23)(H2,22,24). The Kier molecular flexibility index (Phi) is 8.94. The minimum atomic E-state index is 0.147. The summed E-state index contributed by atoms with van der Waals surface area (Å²) in [7, 11) is 0. The van der Waals surface area contributed by atoms with Gasteiger partial charge in [0.15, 0.2) is 10.3 Å². The summed E-state index contributed by atoms with van der Waals surface area (Å²) in [5.41, 5.74) is 14.5. The second kappa shape index (κ2) is 11.5. The summed E-state index contributed by atoms with van der Waals surface area (Å²) >= 11 is 3.06. The quantitative estimate of drug-likeness (QED) is 0.392. The lowest BCUT2D eigenvalue weighted by molar-refractivity contribution is -0.116. The normalized spacial score (nSPS) is 12.2. The Hall–Kier alpha value is -2.25. The molecular weight excluding hydrogens is 376 g/mol. The van der Waals surface area contributed by atoms with E-state index in [9.17, 15) is 4.79 Å². The number of benzene rings is 2. The molecule has 0 bridgehead atoms. The van der Waals surface area contributed by atoms with Crippen LogP contribution in [-0.2, 0) is 11.2 Å². The molecule has 0 saturated carbocycles. The lowest BCUT2D eigenvalue weighted by atomic mass is 10.1. The molecular formula is C20H24N4OS2. The van der Waals surface area contributed by atoms with Crippen molar-refractivity contribution in [1.29, 1.82) is 0 Å². The van der Waals surface area contributed by atoms with Gasteiger partial charge in [-0.3, -0.25) is 4.79 Å². The van der Waals surface area contributed by atoms with E-state index in [2.05, 4.69) is 9.98 Å². The Labute approximate surface area is 168 Å². The predicted molar refractivity (Wildman–Crippen MR) is 119 cm³/mol. The van der Waals surface area contributed by atoms with E-state index >= 15 is 0 Å². The second-order valence-corrected chi connectivity index (χ2v) is 8.06. The minimum absolute atomic E-state index is 0.147. The van der Waals surface area contributed by atoms with Gasteiger partial charge in [0.1, 0.15) is 5.78 Å². The number of hydrogen-bond donors (Lipinski definition) is 2. The smallest absolute Gasteiger partial charge is 0.159 e. The van der Waals surface area contributed by atoms with Crippen molar-refractivity contribution in [2.45, 2.75) is 19.8 Å². The summed E-state index contributed by atoms with van der Waals surface area (Å²) in [4.78, 5) is 19.9. The highest BCUT2D eigenvalue weighted by molar-refractivity contribution is 8.14. The summed E-state index contributed by atoms with van der Waals surface area (Å²) in [5.74, 6) is 1.89. The van der Waals surface area contributed by atoms with Gasteiger partial charge >= 0.3 is 0 Å². The van der Waals surface area contributed by atoms with Gasteiger partial charge in [0.2, 0.25) is 0 Å². The number of para-hydroxylation sites is 1. The maximum Gasteiger partial charge on any atom is 0.159 e. The van der Waals surface area contributed by atoms with Crippen LogP contribution in [0.25, 0.3) is 0 Å². The number of carbonyl (C=O) groups excluding carboxylic acids is 1. The SMILES string of the molecule is CC(=O)Cc1ccc(N=C(N)SCCCSC(N)=Nc2ccccc2)cc1. The molecule has 27 heavy (non-hydrogen) atoms. The van der Waals surface area contributed by atoms with E-state index in [-0.39, 0.29) is 5.78 Å². The summed E-state index contributed by atoms with van der Waals surface area (Å²) in [6, 6.07) is 17.2. The third-order valence-corrected chi connectivity index (χ3v) is 5.17. The molecule has 0 atom stereocenters. The van der Waals surface area contributed by atoms with Crippen LogP contribution in [0.2, 0.25) is 0 Å². The number of aliphatic imine (C=N–C) groups is 2. The molecule has 0 amide bonds. The Bertz CT molecular complexity index is 789. The lowest BCUT2D eigenvalue weighted by Gasteiger charge is -2.03. The van der Waals surface area contributed by atoms with Crippen LogP contribution in [0.15, 0.2) is 64.6 Å². The van der Waals surface area contributed by atoms with Gasteiger partial charge < -0.3 is 11.5 Å². The van der Waals surface area contributed by atoms with Crippen molar-refractivity contribution >= 4 is 51.0 Å². The minimum Gasteiger partial charge on any atom is -0.378 e. The average molecular weight is 401 g/mol. The highest BCUT2D eigenvalue weighted by Gasteiger charge is 2.00. The highest BCUT2D eigenvalue weighted by Crippen LogP contribution is 2.17. The molecule has 0 aliphatic carbocycles. The third-order valence-electron chi connectivity index (χ3n) is 3.41. The monoisotopic (exact) mass is 400 g/mol. The molecule has 0 aliphatic rings. The molecule has 2 rings (SSSR count). The lowest BCUT2D eigenvalue weighted by Crippen LogP contribution is -2.09. The first-order chi connectivity index (χ1) is 13.0. The Balaban J connectivity index is 1.69. The van der Waals surface area contributed by atoms with Gasteiger partial charge in [-0.2, -0.15) is 0 Å². The predicted octanol–water partition coefficient (Wildman–Crippen LogP) is 4.27. The van der Waals surface area contributed by atoms with Gasteiger partial charge in [-0.25, -0.2) is 9.98 Å². The summed E-state index contributed by atoms with van der Waals surface area (Å²) in [5, 5.41) is 1.10. The Morgan fingerprint density at radius 2 is 1.37 bits per heavy atom. The van der Waals surface area contributed by atoms with Gasteiger partial charge in [0, 0.05) is 17.9 Å². The number of hydrogen-bond acceptors (Lipinski definition) is 5. The molecule has 7 heteroatoms. The molecule has 0 heterocycles.